The van der Waals surface area contributed by atoms with Crippen LogP contribution < -0.4 is 5.32 Å². The molecule has 5 heteroatoms. The number of thiocarbonyl (C=S) groups is 1. The molecular formula is C13H10Cl2N2S. The Morgan fingerprint density at radius 1 is 1.17 bits per heavy atom. The minimum absolute atomic E-state index is 0.539. The monoisotopic (exact) mass is 296 g/mol. The molecule has 1 N–H and O–H groups in total. The molecule has 0 bridgehead atoms. The quantitative estimate of drug-likeness (QED) is 0.827. The minimum Gasteiger partial charge on any atom is -0.345 e. The van der Waals surface area contributed by atoms with E-state index in [9.17, 15) is 0 Å². The average Bonchev–Trinajstić information content (AvgIpc) is 2.27. The summed E-state index contributed by atoms with van der Waals surface area (Å²) in [6, 6.07) is 9.02. The van der Waals surface area contributed by atoms with E-state index in [4.69, 9.17) is 35.4 Å². The summed E-state index contributed by atoms with van der Waals surface area (Å²) >= 11 is 17.1. The molecule has 2 nitrogen and oxygen atoms in total. The second kappa shape index (κ2) is 5.65. The van der Waals surface area contributed by atoms with Crippen LogP contribution in [0.5, 0.6) is 0 Å². The number of hydrogen-bond donors (Lipinski definition) is 1. The van der Waals surface area contributed by atoms with Crippen LogP contribution in [0.4, 0.5) is 5.69 Å². The normalized spacial score (nSPS) is 10.2. The maximum absolute atomic E-state index is 5.92. The first-order valence-electron chi connectivity index (χ1n) is 5.25. The smallest absolute Gasteiger partial charge is 0.129 e. The molecule has 0 aliphatic rings. The lowest BCUT2D eigenvalue weighted by atomic mass is 10.2. The van der Waals surface area contributed by atoms with Crippen molar-refractivity contribution in [1.82, 2.24) is 4.98 Å². The van der Waals surface area contributed by atoms with Crippen LogP contribution in [0, 0.1) is 6.92 Å². The van der Waals surface area contributed by atoms with Crippen molar-refractivity contribution in [2.45, 2.75) is 6.92 Å². The number of halogens is 2. The van der Waals surface area contributed by atoms with E-state index in [0.717, 1.165) is 16.9 Å². The van der Waals surface area contributed by atoms with Gasteiger partial charge < -0.3 is 5.32 Å². The minimum atomic E-state index is 0.539. The molecule has 18 heavy (non-hydrogen) atoms. The summed E-state index contributed by atoms with van der Waals surface area (Å²) in [5, 5.41) is 4.19. The van der Waals surface area contributed by atoms with Gasteiger partial charge in [0.1, 0.15) is 4.99 Å². The zero-order chi connectivity index (χ0) is 13.1. The molecule has 0 saturated heterocycles. The number of benzene rings is 1. The molecule has 1 aromatic heterocycles. The Morgan fingerprint density at radius 2 is 1.83 bits per heavy atom. The Hall–Kier alpha value is -1.16. The first-order chi connectivity index (χ1) is 8.54. The van der Waals surface area contributed by atoms with Gasteiger partial charge in [-0.15, -0.1) is 0 Å². The maximum Gasteiger partial charge on any atom is 0.129 e. The van der Waals surface area contributed by atoms with Gasteiger partial charge in [0.05, 0.1) is 5.69 Å². The molecule has 0 spiro atoms. The van der Waals surface area contributed by atoms with Crippen LogP contribution in [0.25, 0.3) is 0 Å². The number of aromatic nitrogens is 1. The van der Waals surface area contributed by atoms with Crippen LogP contribution in [-0.4, -0.2) is 9.97 Å². The van der Waals surface area contributed by atoms with Gasteiger partial charge >= 0.3 is 0 Å². The highest BCUT2D eigenvalue weighted by molar-refractivity contribution is 7.81. The van der Waals surface area contributed by atoms with Gasteiger partial charge in [-0.3, -0.25) is 4.98 Å². The SMILES string of the molecule is Cc1ccnc(C(=S)Nc2cc(Cl)cc(Cl)c2)c1. The van der Waals surface area contributed by atoms with Crippen molar-refractivity contribution in [3.63, 3.8) is 0 Å². The first-order valence-corrected chi connectivity index (χ1v) is 6.41. The molecule has 0 atom stereocenters. The first kappa shape index (κ1) is 13.3. The maximum atomic E-state index is 5.92. The van der Waals surface area contributed by atoms with Crippen molar-refractivity contribution in [2.75, 3.05) is 5.32 Å². The van der Waals surface area contributed by atoms with E-state index in [-0.39, 0.29) is 0 Å². The van der Waals surface area contributed by atoms with E-state index in [1.54, 1.807) is 24.4 Å². The lowest BCUT2D eigenvalue weighted by Crippen LogP contribution is -2.12. The highest BCUT2D eigenvalue weighted by Crippen LogP contribution is 2.22. The number of rotatable bonds is 2. The largest absolute Gasteiger partial charge is 0.345 e. The van der Waals surface area contributed by atoms with Gasteiger partial charge in [0, 0.05) is 21.9 Å². The van der Waals surface area contributed by atoms with E-state index >= 15 is 0 Å². The fourth-order valence-electron chi connectivity index (χ4n) is 1.48. The van der Waals surface area contributed by atoms with E-state index in [0.29, 0.717) is 15.0 Å². The lowest BCUT2D eigenvalue weighted by Gasteiger charge is -2.08. The fourth-order valence-corrected chi connectivity index (χ4v) is 2.24. The number of nitrogens with one attached hydrogen (secondary N) is 1. The van der Waals surface area contributed by atoms with Crippen molar-refractivity contribution in [3.05, 3.63) is 57.8 Å². The number of hydrogen-bond acceptors (Lipinski definition) is 2. The zero-order valence-electron chi connectivity index (χ0n) is 9.58. The highest BCUT2D eigenvalue weighted by atomic mass is 35.5. The summed E-state index contributed by atoms with van der Waals surface area (Å²) in [5.74, 6) is 0. The summed E-state index contributed by atoms with van der Waals surface area (Å²) in [5.41, 5.74) is 2.58. The van der Waals surface area contributed by atoms with Crippen LogP contribution >= 0.6 is 35.4 Å². The number of anilines is 1. The Balaban J connectivity index is 2.21. The summed E-state index contributed by atoms with van der Waals surface area (Å²) in [6.45, 7) is 1.99. The molecule has 0 aliphatic heterocycles. The second-order valence-corrected chi connectivity index (χ2v) is 5.11. The van der Waals surface area contributed by atoms with Gasteiger partial charge in [-0.25, -0.2) is 0 Å². The third kappa shape index (κ3) is 3.42. The summed E-state index contributed by atoms with van der Waals surface area (Å²) in [6.07, 6.45) is 1.73. The molecular weight excluding hydrogens is 287 g/mol. The van der Waals surface area contributed by atoms with Crippen LogP contribution in [0.15, 0.2) is 36.5 Å². The van der Waals surface area contributed by atoms with Gasteiger partial charge in [0.25, 0.3) is 0 Å². The molecule has 2 rings (SSSR count). The summed E-state index contributed by atoms with van der Waals surface area (Å²) < 4.78 is 0. The van der Waals surface area contributed by atoms with Crippen molar-refractivity contribution in [1.29, 1.82) is 0 Å². The van der Waals surface area contributed by atoms with Crippen LogP contribution in [0.1, 0.15) is 11.3 Å². The van der Waals surface area contributed by atoms with Gasteiger partial charge in [0.15, 0.2) is 0 Å². The Labute approximate surface area is 121 Å². The van der Waals surface area contributed by atoms with E-state index in [1.807, 2.05) is 19.1 Å². The molecule has 1 aromatic carbocycles. The summed E-state index contributed by atoms with van der Waals surface area (Å²) in [4.78, 5) is 4.75. The predicted molar refractivity (Wildman–Crippen MR) is 80.8 cm³/mol. The summed E-state index contributed by atoms with van der Waals surface area (Å²) in [7, 11) is 0. The van der Waals surface area contributed by atoms with Crippen LogP contribution in [-0.2, 0) is 0 Å². The van der Waals surface area contributed by atoms with E-state index in [1.165, 1.54) is 0 Å². The third-order valence-electron chi connectivity index (χ3n) is 2.27. The molecule has 0 amide bonds. The standard InChI is InChI=1S/C13H10Cl2N2S/c1-8-2-3-16-12(4-8)13(18)17-11-6-9(14)5-10(15)7-11/h2-7H,1H3,(H,17,18). The van der Waals surface area contributed by atoms with Gasteiger partial charge in [-0.05, 0) is 42.8 Å². The number of nitrogens with zero attached hydrogens (tertiary/aromatic N) is 1. The Bertz CT molecular complexity index is 579. The van der Waals surface area contributed by atoms with Crippen molar-refractivity contribution < 1.29 is 0 Å². The van der Waals surface area contributed by atoms with Crippen molar-refractivity contribution in [2.24, 2.45) is 0 Å². The number of pyridine rings is 1. The topological polar surface area (TPSA) is 24.9 Å². The molecule has 0 fully saturated rings. The van der Waals surface area contributed by atoms with E-state index in [2.05, 4.69) is 10.3 Å². The molecule has 92 valence electrons. The zero-order valence-corrected chi connectivity index (χ0v) is 11.9. The lowest BCUT2D eigenvalue weighted by molar-refractivity contribution is 1.26. The predicted octanol–water partition coefficient (Wildman–Crippen LogP) is 4.48. The van der Waals surface area contributed by atoms with Crippen molar-refractivity contribution in [3.8, 4) is 0 Å². The molecule has 0 radical (unpaired) electrons. The fraction of sp³-hybridized carbons (Fsp3) is 0.0769. The molecule has 2 aromatic rings. The van der Waals surface area contributed by atoms with Crippen molar-refractivity contribution >= 4 is 46.1 Å². The Kier molecular flexibility index (Phi) is 4.17. The van der Waals surface area contributed by atoms with Crippen LogP contribution in [0.3, 0.4) is 0 Å². The van der Waals surface area contributed by atoms with Gasteiger partial charge in [-0.2, -0.15) is 0 Å². The average molecular weight is 297 g/mol. The second-order valence-electron chi connectivity index (χ2n) is 3.83. The van der Waals surface area contributed by atoms with Gasteiger partial charge in [0.2, 0.25) is 0 Å². The molecule has 0 aliphatic carbocycles. The Morgan fingerprint density at radius 3 is 2.44 bits per heavy atom. The van der Waals surface area contributed by atoms with Gasteiger partial charge in [-0.1, -0.05) is 35.4 Å². The molecule has 1 heterocycles. The highest BCUT2D eigenvalue weighted by Gasteiger charge is 2.05. The number of aryl methyl sites for hydroxylation is 1. The van der Waals surface area contributed by atoms with E-state index < -0.39 is 0 Å². The molecule has 0 unspecified atom stereocenters. The van der Waals surface area contributed by atoms with Crippen LogP contribution in [0.2, 0.25) is 10.0 Å². The third-order valence-corrected chi connectivity index (χ3v) is 3.02. The molecule has 0 saturated carbocycles.